The maximum absolute atomic E-state index is 13.2. The first-order valence-electron chi connectivity index (χ1n) is 8.19. The third-order valence-electron chi connectivity index (χ3n) is 6.24. The lowest BCUT2D eigenvalue weighted by Crippen LogP contribution is -2.50. The predicted molar refractivity (Wildman–Crippen MR) is 91.7 cm³/mol. The average Bonchev–Trinajstić information content (AvgIpc) is 2.43. The molecule has 20 heavy (non-hydrogen) atoms. The van der Waals surface area contributed by atoms with Gasteiger partial charge in [-0.25, -0.2) is 0 Å². The highest BCUT2D eigenvalue weighted by Gasteiger charge is 2.56. The summed E-state index contributed by atoms with van der Waals surface area (Å²) in [5.41, 5.74) is 3.01. The maximum atomic E-state index is 13.2. The van der Waals surface area contributed by atoms with Crippen LogP contribution in [0.3, 0.4) is 0 Å². The quantitative estimate of drug-likeness (QED) is 0.602. The van der Waals surface area contributed by atoms with Gasteiger partial charge in [-0.15, -0.1) is 0 Å². The van der Waals surface area contributed by atoms with Crippen LogP contribution in [0, 0.1) is 11.3 Å². The zero-order valence-corrected chi connectivity index (χ0v) is 16.2. The van der Waals surface area contributed by atoms with Crippen molar-refractivity contribution in [3.8, 4) is 0 Å². The minimum absolute atomic E-state index is 0.212. The Morgan fingerprint density at radius 1 is 0.950 bits per heavy atom. The number of Topliss-reactive ketones (excluding diaryl/α,β-unsaturated/α-hetero) is 1. The fraction of sp³-hybridized carbons (Fsp3) is 0.833. The number of carbonyl (C=O) groups is 1. The zero-order valence-electron chi connectivity index (χ0n) is 15.2. The Morgan fingerprint density at radius 3 is 1.50 bits per heavy atom. The molecule has 1 atom stereocenters. The van der Waals surface area contributed by atoms with Crippen LogP contribution in [0.4, 0.5) is 0 Å². The van der Waals surface area contributed by atoms with E-state index in [-0.39, 0.29) is 5.41 Å². The van der Waals surface area contributed by atoms with Gasteiger partial charge in [0.2, 0.25) is 0 Å². The molecule has 1 rings (SSSR count). The van der Waals surface area contributed by atoms with Crippen LogP contribution >= 0.6 is 0 Å². The van der Waals surface area contributed by atoms with Crippen LogP contribution in [0.2, 0.25) is 16.6 Å². The molecule has 0 spiro atoms. The molecule has 1 aliphatic rings. The molecule has 0 aliphatic heterocycles. The summed E-state index contributed by atoms with van der Waals surface area (Å²) >= 11 is 0. The molecule has 0 aromatic rings. The number of allylic oxidation sites excluding steroid dienone is 2. The highest BCUT2D eigenvalue weighted by atomic mass is 28.3. The van der Waals surface area contributed by atoms with E-state index >= 15 is 0 Å². The van der Waals surface area contributed by atoms with Gasteiger partial charge in [0.1, 0.15) is 0 Å². The third-order valence-corrected chi connectivity index (χ3v) is 13.5. The van der Waals surface area contributed by atoms with Crippen LogP contribution in [0.5, 0.6) is 0 Å². The molecule has 0 aromatic heterocycles. The van der Waals surface area contributed by atoms with Crippen molar-refractivity contribution >= 4 is 13.9 Å². The van der Waals surface area contributed by atoms with Crippen LogP contribution in [0.25, 0.3) is 0 Å². The van der Waals surface area contributed by atoms with Crippen molar-refractivity contribution in [2.24, 2.45) is 11.3 Å². The monoisotopic (exact) mass is 294 g/mol. The van der Waals surface area contributed by atoms with Crippen LogP contribution in [0.1, 0.15) is 69.2 Å². The van der Waals surface area contributed by atoms with Gasteiger partial charge in [-0.3, -0.25) is 4.79 Å². The van der Waals surface area contributed by atoms with Crippen molar-refractivity contribution in [3.05, 3.63) is 10.8 Å². The van der Waals surface area contributed by atoms with Gasteiger partial charge in [0.25, 0.3) is 0 Å². The summed E-state index contributed by atoms with van der Waals surface area (Å²) in [4.78, 5) is 13.2. The summed E-state index contributed by atoms with van der Waals surface area (Å²) in [6.07, 6.45) is 0. The van der Waals surface area contributed by atoms with Crippen molar-refractivity contribution in [2.75, 3.05) is 0 Å². The number of ketones is 1. The lowest BCUT2D eigenvalue weighted by atomic mass is 9.79. The molecular formula is C18H34OSi. The summed E-state index contributed by atoms with van der Waals surface area (Å²) in [5.74, 6) is 0.832. The summed E-state index contributed by atoms with van der Waals surface area (Å²) < 4.78 is 0. The minimum Gasteiger partial charge on any atom is -0.294 e. The SMILES string of the molecule is CC1=C([Si](C(C)C)(C(C)C)C(C)C)C(=O)C(C)(C)C1C. The smallest absolute Gasteiger partial charge is 0.161 e. The Morgan fingerprint density at radius 2 is 1.30 bits per heavy atom. The second-order valence-corrected chi connectivity index (χ2v) is 14.1. The van der Waals surface area contributed by atoms with Gasteiger partial charge in [0.05, 0.1) is 8.07 Å². The molecule has 0 saturated heterocycles. The van der Waals surface area contributed by atoms with Gasteiger partial charge in [0.15, 0.2) is 5.78 Å². The van der Waals surface area contributed by atoms with Crippen molar-refractivity contribution in [1.29, 1.82) is 0 Å². The molecule has 0 fully saturated rings. The average molecular weight is 295 g/mol. The molecule has 0 aromatic carbocycles. The molecule has 116 valence electrons. The molecule has 0 amide bonds. The molecule has 1 nitrogen and oxygen atoms in total. The van der Waals surface area contributed by atoms with E-state index in [9.17, 15) is 4.79 Å². The van der Waals surface area contributed by atoms with Gasteiger partial charge in [-0.1, -0.05) is 67.9 Å². The van der Waals surface area contributed by atoms with Crippen LogP contribution in [-0.2, 0) is 4.79 Å². The number of rotatable bonds is 4. The van der Waals surface area contributed by atoms with Gasteiger partial charge < -0.3 is 0 Å². The molecular weight excluding hydrogens is 260 g/mol. The normalized spacial score (nSPS) is 23.6. The summed E-state index contributed by atoms with van der Waals surface area (Å²) in [7, 11) is -1.82. The Labute approximate surface area is 127 Å². The van der Waals surface area contributed by atoms with E-state index in [1.807, 2.05) is 0 Å². The highest BCUT2D eigenvalue weighted by Crippen LogP contribution is 2.54. The van der Waals surface area contributed by atoms with Gasteiger partial charge in [0, 0.05) is 5.41 Å². The molecule has 0 heterocycles. The Balaban J connectivity index is 3.63. The summed E-state index contributed by atoms with van der Waals surface area (Å²) in [6.45, 7) is 22.8. The first-order valence-corrected chi connectivity index (χ1v) is 10.4. The molecule has 1 aliphatic carbocycles. The second-order valence-electron chi connectivity index (χ2n) is 8.23. The fourth-order valence-electron chi connectivity index (χ4n) is 4.86. The largest absolute Gasteiger partial charge is 0.294 e. The standard InChI is InChI=1S/C18H34OSi/c1-11(2)20(12(3)4,13(5)6)16-14(7)15(8)18(9,10)17(16)19/h11-13,15H,1-10H3. The van der Waals surface area contributed by atoms with Gasteiger partial charge >= 0.3 is 0 Å². The second kappa shape index (κ2) is 5.44. The summed E-state index contributed by atoms with van der Waals surface area (Å²) in [5, 5.41) is 1.29. The van der Waals surface area contributed by atoms with Crippen LogP contribution < -0.4 is 0 Å². The number of hydrogen-bond donors (Lipinski definition) is 0. The van der Waals surface area contributed by atoms with E-state index in [1.54, 1.807) is 0 Å². The molecule has 1 unspecified atom stereocenters. The van der Waals surface area contributed by atoms with Crippen LogP contribution in [-0.4, -0.2) is 13.9 Å². The molecule has 0 bridgehead atoms. The highest BCUT2D eigenvalue weighted by molar-refractivity contribution is 6.93. The fourth-order valence-corrected chi connectivity index (χ4v) is 12.2. The van der Waals surface area contributed by atoms with E-state index in [1.165, 1.54) is 10.8 Å². The van der Waals surface area contributed by atoms with Gasteiger partial charge in [-0.05, 0) is 34.7 Å². The molecule has 0 N–H and O–H groups in total. The topological polar surface area (TPSA) is 17.1 Å². The molecule has 0 saturated carbocycles. The first kappa shape index (κ1) is 17.7. The van der Waals surface area contributed by atoms with E-state index < -0.39 is 8.07 Å². The predicted octanol–water partition coefficient (Wildman–Crippen LogP) is 5.77. The number of carbonyl (C=O) groups excluding carboxylic acids is 1. The Bertz CT molecular complexity index is 405. The third kappa shape index (κ3) is 2.15. The van der Waals surface area contributed by atoms with Crippen molar-refractivity contribution < 1.29 is 4.79 Å². The summed E-state index contributed by atoms with van der Waals surface area (Å²) in [6, 6.07) is 0. The Kier molecular flexibility index (Phi) is 4.81. The van der Waals surface area contributed by atoms with Crippen molar-refractivity contribution in [3.63, 3.8) is 0 Å². The van der Waals surface area contributed by atoms with E-state index in [2.05, 4.69) is 69.2 Å². The van der Waals surface area contributed by atoms with E-state index in [4.69, 9.17) is 0 Å². The Hall–Kier alpha value is -0.373. The van der Waals surface area contributed by atoms with Crippen molar-refractivity contribution in [1.82, 2.24) is 0 Å². The zero-order chi connectivity index (χ0) is 16.0. The first-order chi connectivity index (χ1) is 8.93. The molecule has 2 heteroatoms. The molecule has 0 radical (unpaired) electrons. The van der Waals surface area contributed by atoms with Gasteiger partial charge in [-0.2, -0.15) is 0 Å². The lowest BCUT2D eigenvalue weighted by Gasteiger charge is -2.44. The van der Waals surface area contributed by atoms with E-state index in [0.29, 0.717) is 28.3 Å². The lowest BCUT2D eigenvalue weighted by molar-refractivity contribution is -0.122. The number of hydrogen-bond acceptors (Lipinski definition) is 1. The minimum atomic E-state index is -1.82. The van der Waals surface area contributed by atoms with Crippen molar-refractivity contribution in [2.45, 2.75) is 85.9 Å². The van der Waals surface area contributed by atoms with E-state index in [0.717, 1.165) is 0 Å². The maximum Gasteiger partial charge on any atom is 0.161 e. The van der Waals surface area contributed by atoms with Crippen LogP contribution in [0.15, 0.2) is 10.8 Å².